The highest BCUT2D eigenvalue weighted by Crippen LogP contribution is 2.66. The maximum Gasteiger partial charge on any atom is 0.308 e. The third kappa shape index (κ3) is 3.87. The topological polar surface area (TPSA) is 98.2 Å². The van der Waals surface area contributed by atoms with Gasteiger partial charge < -0.3 is 20.0 Å². The number of hydrogen-bond acceptors (Lipinski definition) is 5. The first-order chi connectivity index (χ1) is 14.7. The zero-order valence-electron chi connectivity index (χ0n) is 20.1. The minimum absolute atomic E-state index is 0.0252. The highest BCUT2D eigenvalue weighted by molar-refractivity contribution is 8.02. The molecule has 0 aromatic rings. The zero-order chi connectivity index (χ0) is 24.2. The van der Waals surface area contributed by atoms with Gasteiger partial charge >= 0.3 is 5.97 Å². The Bertz CT molecular complexity index is 807. The second-order valence-electron chi connectivity index (χ2n) is 11.5. The van der Waals surface area contributed by atoms with Gasteiger partial charge in [-0.05, 0) is 45.4 Å². The number of carbonyl (C=O) groups excluding carboxylic acids is 2. The highest BCUT2D eigenvalue weighted by atomic mass is 32.2. The summed E-state index contributed by atoms with van der Waals surface area (Å²) in [6.07, 6.45) is 3.77. The molecule has 3 aliphatic rings. The van der Waals surface area contributed by atoms with Crippen LogP contribution in [-0.4, -0.2) is 78.6 Å². The van der Waals surface area contributed by atoms with Crippen LogP contribution in [0.5, 0.6) is 0 Å². The van der Waals surface area contributed by atoms with Gasteiger partial charge in [0, 0.05) is 17.3 Å². The monoisotopic (exact) mass is 466 g/mol. The third-order valence-corrected chi connectivity index (χ3v) is 9.22. The summed E-state index contributed by atoms with van der Waals surface area (Å²) in [6.45, 7) is 16.1. The van der Waals surface area contributed by atoms with E-state index in [9.17, 15) is 24.6 Å². The van der Waals surface area contributed by atoms with Crippen molar-refractivity contribution in [1.82, 2.24) is 9.80 Å². The molecule has 2 N–H and O–H groups in total. The fraction of sp³-hybridized carbons (Fsp3) is 0.792. The van der Waals surface area contributed by atoms with E-state index in [1.54, 1.807) is 17.9 Å². The van der Waals surface area contributed by atoms with Gasteiger partial charge in [-0.25, -0.2) is 0 Å². The molecule has 0 aromatic carbocycles. The van der Waals surface area contributed by atoms with E-state index in [4.69, 9.17) is 0 Å². The Balaban J connectivity index is 2.09. The summed E-state index contributed by atoms with van der Waals surface area (Å²) in [4.78, 5) is 43.3. The van der Waals surface area contributed by atoms with E-state index in [1.165, 1.54) is 16.7 Å². The van der Waals surface area contributed by atoms with E-state index in [1.807, 2.05) is 13.8 Å². The number of aliphatic carboxylic acids is 1. The second-order valence-corrected chi connectivity index (χ2v) is 13.1. The fourth-order valence-electron chi connectivity index (χ4n) is 6.52. The van der Waals surface area contributed by atoms with Crippen molar-refractivity contribution >= 4 is 29.5 Å². The largest absolute Gasteiger partial charge is 0.481 e. The predicted molar refractivity (Wildman–Crippen MR) is 125 cm³/mol. The van der Waals surface area contributed by atoms with Crippen molar-refractivity contribution in [3.8, 4) is 0 Å². The number of hydrogen-bond donors (Lipinski definition) is 2. The molecule has 0 radical (unpaired) electrons. The number of carboxylic acid groups (broad SMARTS) is 1. The second kappa shape index (κ2) is 8.35. The first-order valence-electron chi connectivity index (χ1n) is 11.5. The molecule has 1 spiro atoms. The van der Waals surface area contributed by atoms with E-state index in [0.717, 1.165) is 6.42 Å². The fourth-order valence-corrected chi connectivity index (χ4v) is 8.71. The Morgan fingerprint density at radius 2 is 1.97 bits per heavy atom. The maximum atomic E-state index is 14.3. The third-order valence-electron chi connectivity index (χ3n) is 7.27. The Morgan fingerprint density at radius 1 is 1.34 bits per heavy atom. The van der Waals surface area contributed by atoms with Gasteiger partial charge in [0.2, 0.25) is 11.8 Å². The van der Waals surface area contributed by atoms with Gasteiger partial charge in [-0.15, -0.1) is 18.3 Å². The smallest absolute Gasteiger partial charge is 0.308 e. The molecule has 6 atom stereocenters. The molecule has 3 rings (SSSR count). The number of carboxylic acids is 1. The van der Waals surface area contributed by atoms with Gasteiger partial charge in [0.1, 0.15) is 6.04 Å². The number of carbonyl (C=O) groups is 3. The summed E-state index contributed by atoms with van der Waals surface area (Å²) in [5.41, 5.74) is -0.522. The molecule has 0 aliphatic carbocycles. The van der Waals surface area contributed by atoms with Crippen LogP contribution in [0.25, 0.3) is 0 Å². The summed E-state index contributed by atoms with van der Waals surface area (Å²) in [5, 5.41) is 19.7. The van der Waals surface area contributed by atoms with Crippen LogP contribution in [0.15, 0.2) is 12.7 Å². The van der Waals surface area contributed by atoms with Crippen molar-refractivity contribution in [1.29, 1.82) is 0 Å². The van der Waals surface area contributed by atoms with E-state index >= 15 is 0 Å². The lowest BCUT2D eigenvalue weighted by molar-refractivity contribution is -0.150. The number of aliphatic hydroxyl groups is 1. The van der Waals surface area contributed by atoms with Crippen molar-refractivity contribution in [2.24, 2.45) is 17.3 Å². The Kier molecular flexibility index (Phi) is 6.55. The van der Waals surface area contributed by atoms with E-state index in [2.05, 4.69) is 27.4 Å². The first-order valence-corrected chi connectivity index (χ1v) is 12.4. The van der Waals surface area contributed by atoms with Crippen molar-refractivity contribution < 1.29 is 24.6 Å². The van der Waals surface area contributed by atoms with Crippen LogP contribution < -0.4 is 0 Å². The van der Waals surface area contributed by atoms with Crippen LogP contribution >= 0.6 is 11.8 Å². The van der Waals surface area contributed by atoms with Gasteiger partial charge in [0.05, 0.1) is 29.2 Å². The summed E-state index contributed by atoms with van der Waals surface area (Å²) in [7, 11) is 0. The molecular formula is C24H38N2O5S. The lowest BCUT2D eigenvalue weighted by atomic mass is 9.71. The first kappa shape index (κ1) is 25.1. The van der Waals surface area contributed by atoms with Gasteiger partial charge in [0.15, 0.2) is 0 Å². The number of fused-ring (bicyclic) bond motifs is 1. The molecule has 3 aliphatic heterocycles. The summed E-state index contributed by atoms with van der Waals surface area (Å²) >= 11 is 1.52. The van der Waals surface area contributed by atoms with E-state index < -0.39 is 40.2 Å². The lowest BCUT2D eigenvalue weighted by Gasteiger charge is -2.46. The molecule has 3 saturated heterocycles. The molecule has 180 valence electrons. The molecule has 3 heterocycles. The normalized spacial score (nSPS) is 32.7. The molecule has 2 amide bonds. The van der Waals surface area contributed by atoms with Crippen LogP contribution in [0.1, 0.15) is 60.8 Å². The molecule has 7 nitrogen and oxygen atoms in total. The van der Waals surface area contributed by atoms with Gasteiger partial charge in [0.25, 0.3) is 0 Å². The van der Waals surface area contributed by atoms with Crippen LogP contribution in [-0.2, 0) is 14.4 Å². The summed E-state index contributed by atoms with van der Waals surface area (Å²) in [5.74, 6) is -2.97. The van der Waals surface area contributed by atoms with Crippen LogP contribution in [0, 0.1) is 17.3 Å². The van der Waals surface area contributed by atoms with Crippen LogP contribution in [0.4, 0.5) is 0 Å². The SMILES string of the molecule is C=CCN(C(=O)C1N([C@H](C)CO)C(=O)[C@@H]2[C@H](C(=O)O)[C@@H]3CCC12S3)C(C)(C)CC(C)(C)C. The quantitative estimate of drug-likeness (QED) is 0.534. The minimum Gasteiger partial charge on any atom is -0.481 e. The Morgan fingerprint density at radius 3 is 2.47 bits per heavy atom. The van der Waals surface area contributed by atoms with Crippen molar-refractivity contribution in [3.63, 3.8) is 0 Å². The van der Waals surface area contributed by atoms with Gasteiger partial charge in [-0.3, -0.25) is 14.4 Å². The Hall–Kier alpha value is -1.54. The summed E-state index contributed by atoms with van der Waals surface area (Å²) in [6, 6.07) is -1.36. The zero-order valence-corrected chi connectivity index (χ0v) is 20.9. The number of thioether (sulfide) groups is 1. The molecule has 3 fully saturated rings. The molecule has 8 heteroatoms. The van der Waals surface area contributed by atoms with Crippen molar-refractivity contribution in [2.75, 3.05) is 13.2 Å². The number of aliphatic hydroxyl groups excluding tert-OH is 1. The van der Waals surface area contributed by atoms with Gasteiger partial charge in [-0.1, -0.05) is 26.8 Å². The standard InChI is InChI=1S/C24H38N2O5S/c1-8-11-25(23(6,7)13-22(3,4)5)20(29)18-24-10-9-15(32-24)16(21(30)31)17(24)19(28)26(18)14(2)12-27/h8,14-18,27H,1,9-13H2,2-7H3,(H,30,31)/t14-,15+,16-,17+,18?,24?/m1/s1. The Labute approximate surface area is 195 Å². The number of rotatable bonds is 8. The molecule has 0 aromatic heterocycles. The van der Waals surface area contributed by atoms with Gasteiger partial charge in [-0.2, -0.15) is 0 Å². The average Bonchev–Trinajstić information content (AvgIpc) is 3.30. The molecule has 2 bridgehead atoms. The molecular weight excluding hydrogens is 428 g/mol. The molecule has 0 saturated carbocycles. The maximum absolute atomic E-state index is 14.3. The van der Waals surface area contributed by atoms with Crippen LogP contribution in [0.3, 0.4) is 0 Å². The number of nitrogens with zero attached hydrogens (tertiary/aromatic N) is 2. The highest BCUT2D eigenvalue weighted by Gasteiger charge is 2.74. The van der Waals surface area contributed by atoms with Crippen molar-refractivity contribution in [3.05, 3.63) is 12.7 Å². The number of amides is 2. The van der Waals surface area contributed by atoms with E-state index in [0.29, 0.717) is 19.4 Å². The average molecular weight is 467 g/mol. The molecule has 32 heavy (non-hydrogen) atoms. The van der Waals surface area contributed by atoms with Crippen LogP contribution in [0.2, 0.25) is 0 Å². The number of likely N-dealkylation sites (tertiary alicyclic amines) is 1. The minimum atomic E-state index is -0.969. The predicted octanol–water partition coefficient (Wildman–Crippen LogP) is 2.77. The lowest BCUT2D eigenvalue weighted by Crippen LogP contribution is -2.61. The van der Waals surface area contributed by atoms with E-state index in [-0.39, 0.29) is 29.1 Å². The summed E-state index contributed by atoms with van der Waals surface area (Å²) < 4.78 is -0.761. The molecule has 2 unspecified atom stereocenters. The van der Waals surface area contributed by atoms with Crippen molar-refractivity contribution in [2.45, 2.75) is 88.4 Å².